The first kappa shape index (κ1) is 25.8. The van der Waals surface area contributed by atoms with Crippen LogP contribution in [0.3, 0.4) is 0 Å². The molecule has 9 nitrogen and oxygen atoms in total. The molecule has 2 aromatic carbocycles. The third kappa shape index (κ3) is 7.36. The minimum atomic E-state index is -0.991. The zero-order valence-electron chi connectivity index (χ0n) is 20.8. The highest BCUT2D eigenvalue weighted by Gasteiger charge is 2.20. The first-order chi connectivity index (χ1) is 17.9. The van der Waals surface area contributed by atoms with Crippen LogP contribution in [0.4, 0.5) is 11.5 Å². The van der Waals surface area contributed by atoms with Crippen LogP contribution < -0.4 is 15.5 Å². The summed E-state index contributed by atoms with van der Waals surface area (Å²) in [7, 11) is 1.73. The van der Waals surface area contributed by atoms with E-state index in [1.165, 1.54) is 6.20 Å². The van der Waals surface area contributed by atoms with Gasteiger partial charge in [-0.15, -0.1) is 0 Å². The zero-order valence-corrected chi connectivity index (χ0v) is 20.8. The number of anilines is 2. The van der Waals surface area contributed by atoms with Gasteiger partial charge in [0, 0.05) is 42.5 Å². The number of rotatable bonds is 10. The van der Waals surface area contributed by atoms with Gasteiger partial charge in [-0.05, 0) is 42.7 Å². The molecule has 0 unspecified atom stereocenters. The number of carboxylic acids is 1. The third-order valence-electron chi connectivity index (χ3n) is 6.31. The first-order valence-electron chi connectivity index (χ1n) is 12.4. The lowest BCUT2D eigenvalue weighted by Crippen LogP contribution is -2.40. The number of likely N-dealkylation sites (N-methyl/N-ethyl adjacent to an activating group) is 1. The lowest BCUT2D eigenvalue weighted by molar-refractivity contribution is -0.136. The van der Waals surface area contributed by atoms with Crippen LogP contribution in [0.5, 0.6) is 0 Å². The van der Waals surface area contributed by atoms with E-state index in [9.17, 15) is 19.5 Å². The van der Waals surface area contributed by atoms with Crippen molar-refractivity contribution >= 4 is 29.3 Å². The number of nitrogens with zero attached hydrogens (tertiary/aromatic N) is 3. The van der Waals surface area contributed by atoms with Crippen molar-refractivity contribution in [3.63, 3.8) is 0 Å². The van der Waals surface area contributed by atoms with E-state index in [2.05, 4.69) is 20.6 Å². The van der Waals surface area contributed by atoms with Gasteiger partial charge in [0.1, 0.15) is 11.6 Å². The first-order valence-corrected chi connectivity index (χ1v) is 12.4. The van der Waals surface area contributed by atoms with Crippen molar-refractivity contribution < 1.29 is 19.5 Å². The van der Waals surface area contributed by atoms with E-state index in [0.717, 1.165) is 31.2 Å². The maximum absolute atomic E-state index is 12.5. The molecule has 0 spiro atoms. The molecule has 1 aliphatic rings. The molecule has 1 fully saturated rings. The highest BCUT2D eigenvalue weighted by molar-refractivity contribution is 6.04. The highest BCUT2D eigenvalue weighted by atomic mass is 16.4. The SMILES string of the molecule is CN(CC(=O)NC1CCCC1)c1nc(Cc2ccc(NC(=O)c3ccccc3)cc2)ncc1CC(=O)O. The van der Waals surface area contributed by atoms with Crippen molar-refractivity contribution in [3.8, 4) is 0 Å². The molecule has 1 heterocycles. The van der Waals surface area contributed by atoms with Crippen molar-refractivity contribution in [2.45, 2.75) is 44.6 Å². The summed E-state index contributed by atoms with van der Waals surface area (Å²) in [6.45, 7) is 0.0788. The molecule has 2 amide bonds. The number of nitrogens with one attached hydrogen (secondary N) is 2. The molecule has 1 aliphatic carbocycles. The number of carbonyl (C=O) groups excluding carboxylic acids is 2. The van der Waals surface area contributed by atoms with E-state index in [4.69, 9.17) is 0 Å². The van der Waals surface area contributed by atoms with Gasteiger partial charge >= 0.3 is 5.97 Å². The zero-order chi connectivity index (χ0) is 26.2. The van der Waals surface area contributed by atoms with Gasteiger partial charge in [0.15, 0.2) is 0 Å². The Morgan fingerprint density at radius 3 is 2.41 bits per heavy atom. The van der Waals surface area contributed by atoms with Gasteiger partial charge in [-0.3, -0.25) is 14.4 Å². The lowest BCUT2D eigenvalue weighted by atomic mass is 10.1. The molecular weight excluding hydrogens is 470 g/mol. The van der Waals surface area contributed by atoms with Crippen LogP contribution in [0.2, 0.25) is 0 Å². The highest BCUT2D eigenvalue weighted by Crippen LogP contribution is 2.20. The summed E-state index contributed by atoms with van der Waals surface area (Å²) >= 11 is 0. The van der Waals surface area contributed by atoms with Crippen molar-refractivity contribution in [1.82, 2.24) is 15.3 Å². The molecule has 3 aromatic rings. The van der Waals surface area contributed by atoms with Crippen molar-refractivity contribution in [2.75, 3.05) is 23.8 Å². The number of hydrogen-bond acceptors (Lipinski definition) is 6. The monoisotopic (exact) mass is 501 g/mol. The third-order valence-corrected chi connectivity index (χ3v) is 6.31. The fourth-order valence-corrected chi connectivity index (χ4v) is 4.45. The Hall–Kier alpha value is -4.27. The largest absolute Gasteiger partial charge is 0.481 e. The van der Waals surface area contributed by atoms with E-state index in [-0.39, 0.29) is 30.8 Å². The van der Waals surface area contributed by atoms with Crippen LogP contribution in [-0.4, -0.2) is 52.5 Å². The van der Waals surface area contributed by atoms with E-state index >= 15 is 0 Å². The minimum absolute atomic E-state index is 0.0788. The average molecular weight is 502 g/mol. The van der Waals surface area contributed by atoms with Gasteiger partial charge in [-0.1, -0.05) is 43.2 Å². The maximum atomic E-state index is 12.5. The Kier molecular flexibility index (Phi) is 8.45. The summed E-state index contributed by atoms with van der Waals surface area (Å²) in [5.74, 6) is -0.345. The van der Waals surface area contributed by atoms with Gasteiger partial charge in [-0.25, -0.2) is 9.97 Å². The summed E-state index contributed by atoms with van der Waals surface area (Å²) in [6, 6.07) is 16.6. The number of amides is 2. The molecule has 0 radical (unpaired) electrons. The summed E-state index contributed by atoms with van der Waals surface area (Å²) in [6.07, 6.45) is 5.93. The van der Waals surface area contributed by atoms with Crippen LogP contribution in [0.1, 0.15) is 53.0 Å². The molecule has 1 saturated carbocycles. The Morgan fingerprint density at radius 2 is 1.73 bits per heavy atom. The van der Waals surface area contributed by atoms with E-state index in [1.807, 2.05) is 42.5 Å². The summed E-state index contributed by atoms with van der Waals surface area (Å²) in [5.41, 5.74) is 2.63. The molecular formula is C28H31N5O4. The average Bonchev–Trinajstić information content (AvgIpc) is 3.39. The normalized spacial score (nSPS) is 13.2. The fraction of sp³-hybridized carbons (Fsp3) is 0.321. The van der Waals surface area contributed by atoms with E-state index in [0.29, 0.717) is 34.9 Å². The molecule has 192 valence electrons. The number of carboxylic acid groups (broad SMARTS) is 1. The van der Waals surface area contributed by atoms with Crippen molar-refractivity contribution in [2.24, 2.45) is 0 Å². The predicted molar refractivity (Wildman–Crippen MR) is 141 cm³/mol. The quantitative estimate of drug-likeness (QED) is 0.389. The Bertz CT molecular complexity index is 1240. The van der Waals surface area contributed by atoms with Gasteiger partial charge < -0.3 is 20.6 Å². The smallest absolute Gasteiger partial charge is 0.308 e. The molecule has 3 N–H and O–H groups in total. The number of aromatic nitrogens is 2. The summed E-state index contributed by atoms with van der Waals surface area (Å²) in [4.78, 5) is 47.0. The van der Waals surface area contributed by atoms with Crippen LogP contribution in [0, 0.1) is 0 Å². The van der Waals surface area contributed by atoms with Gasteiger partial charge in [0.05, 0.1) is 13.0 Å². The predicted octanol–water partition coefficient (Wildman–Crippen LogP) is 3.44. The maximum Gasteiger partial charge on any atom is 0.308 e. The summed E-state index contributed by atoms with van der Waals surface area (Å²) < 4.78 is 0. The topological polar surface area (TPSA) is 125 Å². The minimum Gasteiger partial charge on any atom is -0.481 e. The lowest BCUT2D eigenvalue weighted by Gasteiger charge is -2.22. The second kappa shape index (κ2) is 12.1. The second-order valence-electron chi connectivity index (χ2n) is 9.30. The van der Waals surface area contributed by atoms with Gasteiger partial charge in [0.2, 0.25) is 5.91 Å². The van der Waals surface area contributed by atoms with E-state index < -0.39 is 5.97 Å². The number of carbonyl (C=O) groups is 3. The molecule has 37 heavy (non-hydrogen) atoms. The van der Waals surface area contributed by atoms with Crippen molar-refractivity contribution in [1.29, 1.82) is 0 Å². The summed E-state index contributed by atoms with van der Waals surface area (Å²) in [5, 5.41) is 15.3. The molecule has 0 saturated heterocycles. The Balaban J connectivity index is 1.43. The number of hydrogen-bond donors (Lipinski definition) is 3. The van der Waals surface area contributed by atoms with Crippen LogP contribution in [-0.2, 0) is 22.4 Å². The van der Waals surface area contributed by atoms with Crippen LogP contribution in [0.15, 0.2) is 60.8 Å². The second-order valence-corrected chi connectivity index (χ2v) is 9.30. The Labute approximate surface area is 215 Å². The molecule has 0 bridgehead atoms. The molecule has 1 aromatic heterocycles. The van der Waals surface area contributed by atoms with Crippen LogP contribution >= 0.6 is 0 Å². The van der Waals surface area contributed by atoms with Crippen LogP contribution in [0.25, 0.3) is 0 Å². The van der Waals surface area contributed by atoms with Gasteiger partial charge in [0.25, 0.3) is 5.91 Å². The number of benzene rings is 2. The molecule has 9 heteroatoms. The Morgan fingerprint density at radius 1 is 1.03 bits per heavy atom. The van der Waals surface area contributed by atoms with Crippen molar-refractivity contribution in [3.05, 3.63) is 83.3 Å². The fourth-order valence-electron chi connectivity index (χ4n) is 4.45. The van der Waals surface area contributed by atoms with E-state index in [1.54, 1.807) is 24.1 Å². The standard InChI is InChI=1S/C28H31N5O4/c1-33(18-25(34)30-22-9-5-6-10-22)27-21(16-26(35)36)17-29-24(32-27)15-19-11-13-23(14-12-19)31-28(37)20-7-3-2-4-8-20/h2-4,7-8,11-14,17,22H,5-6,9-10,15-16,18H2,1H3,(H,30,34)(H,31,37)(H,35,36). The molecule has 4 rings (SSSR count). The van der Waals surface area contributed by atoms with Gasteiger partial charge in [-0.2, -0.15) is 0 Å². The number of aliphatic carboxylic acids is 1. The molecule has 0 atom stereocenters. The molecule has 0 aliphatic heterocycles.